The zero-order chi connectivity index (χ0) is 18.8. The van der Waals surface area contributed by atoms with E-state index in [1.807, 2.05) is 26.0 Å². The Bertz CT molecular complexity index is 462. The molecule has 140 valence electrons. The van der Waals surface area contributed by atoms with Crippen LogP contribution in [-0.4, -0.2) is 37.8 Å². The first kappa shape index (κ1) is 21.0. The van der Waals surface area contributed by atoms with Gasteiger partial charge in [-0.15, -0.1) is 0 Å². The van der Waals surface area contributed by atoms with Gasteiger partial charge in [0.25, 0.3) is 5.60 Å². The molecule has 0 spiro atoms. The topological polar surface area (TPSA) is 18.5 Å². The van der Waals surface area contributed by atoms with E-state index in [0.717, 1.165) is 5.57 Å². The standard InChI is InChI=1S/C16H22F6O2/c1-10(2)12-5-7-13(8-6-12)11(3)24-9-14(23-4,15(17,18)19)16(20,21)22/h5-7,10-11,13H,8-9H2,1-4H3. The number of hydrogen-bond acceptors (Lipinski definition) is 2. The summed E-state index contributed by atoms with van der Waals surface area (Å²) in [4.78, 5) is 0. The molecule has 0 fully saturated rings. The molecule has 0 saturated carbocycles. The van der Waals surface area contributed by atoms with Crippen LogP contribution in [0.5, 0.6) is 0 Å². The largest absolute Gasteiger partial charge is 0.428 e. The smallest absolute Gasteiger partial charge is 0.374 e. The van der Waals surface area contributed by atoms with E-state index in [0.29, 0.717) is 19.4 Å². The highest BCUT2D eigenvalue weighted by atomic mass is 19.4. The second-order valence-corrected chi connectivity index (χ2v) is 6.16. The maximum Gasteiger partial charge on any atom is 0.428 e. The molecule has 0 aliphatic heterocycles. The number of hydrogen-bond donors (Lipinski definition) is 0. The van der Waals surface area contributed by atoms with Crippen LogP contribution in [0.3, 0.4) is 0 Å². The lowest BCUT2D eigenvalue weighted by atomic mass is 9.88. The third-order valence-corrected chi connectivity index (χ3v) is 4.24. The van der Waals surface area contributed by atoms with Gasteiger partial charge in [-0.25, -0.2) is 0 Å². The van der Waals surface area contributed by atoms with Crippen LogP contribution in [0.2, 0.25) is 0 Å². The van der Waals surface area contributed by atoms with E-state index in [1.165, 1.54) is 6.92 Å². The van der Waals surface area contributed by atoms with E-state index >= 15 is 0 Å². The van der Waals surface area contributed by atoms with E-state index in [9.17, 15) is 26.3 Å². The van der Waals surface area contributed by atoms with Gasteiger partial charge in [-0.3, -0.25) is 0 Å². The van der Waals surface area contributed by atoms with Crippen LogP contribution >= 0.6 is 0 Å². The molecule has 0 radical (unpaired) electrons. The number of halogens is 6. The van der Waals surface area contributed by atoms with Gasteiger partial charge in [0.15, 0.2) is 0 Å². The first-order valence-corrected chi connectivity index (χ1v) is 7.54. The average Bonchev–Trinajstić information content (AvgIpc) is 2.45. The predicted molar refractivity (Wildman–Crippen MR) is 77.4 cm³/mol. The Hall–Kier alpha value is -1.02. The third kappa shape index (κ3) is 4.33. The van der Waals surface area contributed by atoms with Crippen LogP contribution in [0.1, 0.15) is 27.2 Å². The number of allylic oxidation sites excluding steroid dienone is 3. The summed E-state index contributed by atoms with van der Waals surface area (Å²) in [7, 11) is 0.382. The van der Waals surface area contributed by atoms with E-state index in [4.69, 9.17) is 4.74 Å². The summed E-state index contributed by atoms with van der Waals surface area (Å²) < 4.78 is 86.5. The fourth-order valence-electron chi connectivity index (χ4n) is 2.42. The van der Waals surface area contributed by atoms with Gasteiger partial charge in [0, 0.05) is 13.0 Å². The van der Waals surface area contributed by atoms with Crippen molar-refractivity contribution in [2.75, 3.05) is 13.7 Å². The van der Waals surface area contributed by atoms with Gasteiger partial charge in [-0.05, 0) is 24.8 Å². The lowest BCUT2D eigenvalue weighted by Gasteiger charge is -2.37. The molecule has 2 nitrogen and oxygen atoms in total. The molecule has 2 atom stereocenters. The Morgan fingerprint density at radius 2 is 1.62 bits per heavy atom. The zero-order valence-electron chi connectivity index (χ0n) is 14.0. The third-order valence-electron chi connectivity index (χ3n) is 4.24. The molecule has 0 aromatic carbocycles. The highest BCUT2D eigenvalue weighted by Crippen LogP contribution is 2.46. The van der Waals surface area contributed by atoms with Crippen molar-refractivity contribution in [3.8, 4) is 0 Å². The monoisotopic (exact) mass is 360 g/mol. The van der Waals surface area contributed by atoms with Gasteiger partial charge in [0.2, 0.25) is 0 Å². The van der Waals surface area contributed by atoms with Crippen LogP contribution in [0, 0.1) is 11.8 Å². The number of rotatable bonds is 6. The molecule has 24 heavy (non-hydrogen) atoms. The normalized spacial score (nSPS) is 21.1. The Balaban J connectivity index is 2.81. The summed E-state index contributed by atoms with van der Waals surface area (Å²) in [6.45, 7) is 3.81. The highest BCUT2D eigenvalue weighted by Gasteiger charge is 2.72. The van der Waals surface area contributed by atoms with Crippen LogP contribution < -0.4 is 0 Å². The summed E-state index contributed by atoms with van der Waals surface area (Å²) in [5.41, 5.74) is -3.25. The van der Waals surface area contributed by atoms with Crippen molar-refractivity contribution in [2.45, 2.75) is 51.2 Å². The van der Waals surface area contributed by atoms with Crippen molar-refractivity contribution in [3.63, 3.8) is 0 Å². The van der Waals surface area contributed by atoms with Crippen molar-refractivity contribution in [3.05, 3.63) is 23.8 Å². The molecular weight excluding hydrogens is 338 g/mol. The van der Waals surface area contributed by atoms with Gasteiger partial charge >= 0.3 is 12.4 Å². The van der Waals surface area contributed by atoms with Crippen LogP contribution in [0.25, 0.3) is 0 Å². The molecule has 0 heterocycles. The number of methoxy groups -OCH3 is 1. The Labute approximate surface area is 137 Å². The second-order valence-electron chi connectivity index (χ2n) is 6.16. The molecule has 0 saturated heterocycles. The van der Waals surface area contributed by atoms with E-state index in [-0.39, 0.29) is 5.92 Å². The Morgan fingerprint density at radius 1 is 1.08 bits per heavy atom. The fraction of sp³-hybridized carbons (Fsp3) is 0.750. The minimum atomic E-state index is -5.63. The molecule has 8 heteroatoms. The van der Waals surface area contributed by atoms with E-state index in [1.54, 1.807) is 6.08 Å². The average molecular weight is 360 g/mol. The number of alkyl halides is 6. The zero-order valence-corrected chi connectivity index (χ0v) is 14.0. The maximum atomic E-state index is 13.0. The molecule has 0 bridgehead atoms. The number of ether oxygens (including phenoxy) is 2. The van der Waals surface area contributed by atoms with Crippen molar-refractivity contribution in [1.29, 1.82) is 0 Å². The van der Waals surface area contributed by atoms with E-state index < -0.39 is 30.7 Å². The fourth-order valence-corrected chi connectivity index (χ4v) is 2.42. The van der Waals surface area contributed by atoms with Gasteiger partial charge in [-0.1, -0.05) is 32.1 Å². The van der Waals surface area contributed by atoms with Gasteiger partial charge in [0.05, 0.1) is 12.7 Å². The lowest BCUT2D eigenvalue weighted by Crippen LogP contribution is -2.61. The Kier molecular flexibility index (Phi) is 6.55. The highest BCUT2D eigenvalue weighted by molar-refractivity contribution is 5.25. The maximum absolute atomic E-state index is 13.0. The minimum Gasteiger partial charge on any atom is -0.374 e. The molecule has 1 aliphatic rings. The first-order chi connectivity index (χ1) is 10.9. The first-order valence-electron chi connectivity index (χ1n) is 7.54. The molecule has 1 aliphatic carbocycles. The summed E-state index contributed by atoms with van der Waals surface area (Å²) >= 11 is 0. The summed E-state index contributed by atoms with van der Waals surface area (Å²) in [6, 6.07) is 0. The van der Waals surface area contributed by atoms with Crippen LogP contribution in [-0.2, 0) is 9.47 Å². The lowest BCUT2D eigenvalue weighted by molar-refractivity contribution is -0.386. The summed E-state index contributed by atoms with van der Waals surface area (Å²) in [5.74, 6) is 0.0125. The van der Waals surface area contributed by atoms with Crippen molar-refractivity contribution in [1.82, 2.24) is 0 Å². The van der Waals surface area contributed by atoms with Crippen molar-refractivity contribution in [2.24, 2.45) is 11.8 Å². The van der Waals surface area contributed by atoms with Crippen molar-refractivity contribution < 1.29 is 35.8 Å². The summed E-state index contributed by atoms with van der Waals surface area (Å²) in [5, 5.41) is 0. The quantitative estimate of drug-likeness (QED) is 0.617. The van der Waals surface area contributed by atoms with Crippen LogP contribution in [0.4, 0.5) is 26.3 Å². The minimum absolute atomic E-state index is 0.288. The summed E-state index contributed by atoms with van der Waals surface area (Å²) in [6.07, 6.45) is -6.06. The van der Waals surface area contributed by atoms with Gasteiger partial charge in [0.1, 0.15) is 0 Å². The molecule has 0 N–H and O–H groups in total. The molecule has 0 aromatic rings. The van der Waals surface area contributed by atoms with Crippen LogP contribution in [0.15, 0.2) is 23.8 Å². The molecule has 1 rings (SSSR count). The second kappa shape index (κ2) is 7.47. The Morgan fingerprint density at radius 3 is 1.96 bits per heavy atom. The molecule has 2 unspecified atom stereocenters. The SMILES string of the molecule is COC(COC(C)C1C=CC(C(C)C)=CC1)(C(F)(F)F)C(F)(F)F. The molecular formula is C16H22F6O2. The molecule has 0 aromatic heterocycles. The van der Waals surface area contributed by atoms with Crippen molar-refractivity contribution >= 4 is 0 Å². The van der Waals surface area contributed by atoms with Gasteiger partial charge in [-0.2, -0.15) is 26.3 Å². The van der Waals surface area contributed by atoms with E-state index in [2.05, 4.69) is 4.74 Å². The predicted octanol–water partition coefficient (Wildman–Crippen LogP) is 5.06. The molecule has 0 amide bonds. The van der Waals surface area contributed by atoms with Gasteiger partial charge < -0.3 is 9.47 Å².